The van der Waals surface area contributed by atoms with Crippen molar-refractivity contribution in [3.8, 4) is 0 Å². The van der Waals surface area contributed by atoms with Crippen LogP contribution in [0.3, 0.4) is 0 Å². The van der Waals surface area contributed by atoms with E-state index in [1.54, 1.807) is 12.3 Å². The van der Waals surface area contributed by atoms with E-state index in [0.717, 1.165) is 11.6 Å². The third kappa shape index (κ3) is 2.24. The molecule has 2 heterocycles. The minimum absolute atomic E-state index is 0.319. The van der Waals surface area contributed by atoms with Gasteiger partial charge in [-0.25, -0.2) is 4.39 Å². The summed E-state index contributed by atoms with van der Waals surface area (Å²) in [5, 5.41) is 0.750. The molecule has 0 bridgehead atoms. The summed E-state index contributed by atoms with van der Waals surface area (Å²) >= 11 is 4.01. The van der Waals surface area contributed by atoms with E-state index in [4.69, 9.17) is 0 Å². The summed E-state index contributed by atoms with van der Waals surface area (Å²) in [6, 6.07) is 3.14. The maximum absolute atomic E-state index is 12.4. The molecule has 2 aromatic heterocycles. The number of hydrogen-bond acceptors (Lipinski definition) is 1. The molecule has 12 heavy (non-hydrogen) atoms. The van der Waals surface area contributed by atoms with Crippen molar-refractivity contribution in [2.24, 2.45) is 0 Å². The van der Waals surface area contributed by atoms with E-state index in [0.29, 0.717) is 5.65 Å². The van der Waals surface area contributed by atoms with Crippen LogP contribution in [0.2, 0.25) is 0 Å². The number of rotatable bonds is 0. The van der Waals surface area contributed by atoms with Crippen LogP contribution < -0.4 is 4.98 Å². The third-order valence-corrected chi connectivity index (χ3v) is 1.31. The van der Waals surface area contributed by atoms with E-state index in [-0.39, 0.29) is 5.82 Å². The van der Waals surface area contributed by atoms with Crippen LogP contribution >= 0.6 is 19.7 Å². The van der Waals surface area contributed by atoms with Crippen LogP contribution in [0.4, 0.5) is 4.39 Å². The molecule has 2 rings (SSSR count). The summed E-state index contributed by atoms with van der Waals surface area (Å²) in [6.45, 7) is 0. The molecule has 2 nitrogen and oxygen atoms in total. The van der Waals surface area contributed by atoms with Crippen molar-refractivity contribution in [3.63, 3.8) is 0 Å². The fourth-order valence-corrected chi connectivity index (χ4v) is 0.866. The van der Waals surface area contributed by atoms with Gasteiger partial charge in [0.15, 0.2) is 0 Å². The molecule has 0 aromatic carbocycles. The monoisotopic (exact) mass is 454 g/mol. The normalized spacial score (nSPS) is 9.25. The molecule has 0 aliphatic carbocycles. The zero-order valence-corrected chi connectivity index (χ0v) is 10.5. The van der Waals surface area contributed by atoms with E-state index in [1.165, 1.54) is 6.07 Å². The summed E-state index contributed by atoms with van der Waals surface area (Å²) in [5.74, 6) is -0.319. The van der Waals surface area contributed by atoms with E-state index in [2.05, 4.69) is 29.6 Å². The van der Waals surface area contributed by atoms with Gasteiger partial charge >= 0.3 is 34.7 Å². The average molecular weight is 452 g/mol. The summed E-state index contributed by atoms with van der Waals surface area (Å²) in [6.07, 6.45) is 2.77. The first-order valence-corrected chi connectivity index (χ1v) is 10.2. The Bertz CT molecular complexity index is 363. The van der Waals surface area contributed by atoms with Crippen molar-refractivity contribution < 1.29 is 19.4 Å². The summed E-state index contributed by atoms with van der Waals surface area (Å²) < 4.78 is 12.4. The Labute approximate surface area is 90.0 Å². The molecule has 2 aromatic rings. The number of halogens is 2. The van der Waals surface area contributed by atoms with Gasteiger partial charge in [0.2, 0.25) is 0 Å². The molecule has 0 N–H and O–H groups in total. The topological polar surface area (TPSA) is 27.0 Å². The molecule has 65 valence electrons. The Morgan fingerprint density at radius 2 is 2.25 bits per heavy atom. The average Bonchev–Trinajstić information content (AvgIpc) is 2.54. The fraction of sp³-hybridized carbons (Fsp3) is 0. The van der Waals surface area contributed by atoms with Crippen LogP contribution in [0.1, 0.15) is 0 Å². The van der Waals surface area contributed by atoms with Crippen LogP contribution in [0.15, 0.2) is 24.5 Å². The minimum atomic E-state index is -0.319. The molecule has 5 heteroatoms. The Morgan fingerprint density at radius 3 is 3.00 bits per heavy atom. The Morgan fingerprint density at radius 1 is 1.50 bits per heavy atom. The van der Waals surface area contributed by atoms with Crippen molar-refractivity contribution >= 4 is 30.7 Å². The molecule has 0 spiro atoms. The fourth-order valence-electron chi connectivity index (χ4n) is 0.866. The first-order chi connectivity index (χ1) is 5.86. The van der Waals surface area contributed by atoms with Crippen LogP contribution in [0, 0.1) is 5.82 Å². The van der Waals surface area contributed by atoms with Crippen molar-refractivity contribution in [3.05, 3.63) is 30.3 Å². The molecular formula is C7H4FIN2Os-. The molecule has 0 aliphatic rings. The molecule has 0 amide bonds. The Hall–Kier alpha value is -0.0136. The van der Waals surface area contributed by atoms with Gasteiger partial charge in [0, 0.05) is 0 Å². The quantitative estimate of drug-likeness (QED) is 0.574. The second kappa shape index (κ2) is 4.88. The van der Waals surface area contributed by atoms with E-state index in [1.807, 2.05) is 15.1 Å². The van der Waals surface area contributed by atoms with Crippen LogP contribution in [0.5, 0.6) is 0 Å². The van der Waals surface area contributed by atoms with Gasteiger partial charge in [-0.15, -0.1) is 0 Å². The molecule has 0 aliphatic heterocycles. The van der Waals surface area contributed by atoms with E-state index >= 15 is 0 Å². The Kier molecular flexibility index (Phi) is 4.09. The molecule has 0 radical (unpaired) electrons. The standard InChI is InChI=1S/C7H4FN2.HI.Os/c8-6-3-5-1-2-9-7(5)10-4-6;;/h1-4H;1H;/q-1;;+1/p-1. The molecule has 0 saturated heterocycles. The maximum atomic E-state index is 12.4. The van der Waals surface area contributed by atoms with Gasteiger partial charge in [0.1, 0.15) is 5.82 Å². The van der Waals surface area contributed by atoms with Gasteiger partial charge in [0.05, 0.1) is 0 Å². The first kappa shape index (κ1) is 10.1. The predicted octanol–water partition coefficient (Wildman–Crippen LogP) is 2.21. The Balaban J connectivity index is 0.000000336. The number of hydrogen-bond donors (Lipinski definition) is 0. The van der Waals surface area contributed by atoms with Crippen molar-refractivity contribution in [1.82, 2.24) is 9.97 Å². The SMILES string of the molecule is Fc1cnc2[n-]ccc2c1.[I][Os]. The number of pyridine rings is 1. The summed E-state index contributed by atoms with van der Waals surface area (Å²) in [7, 11) is 0. The molecule has 0 saturated carbocycles. The van der Waals surface area contributed by atoms with Crippen molar-refractivity contribution in [2.75, 3.05) is 0 Å². The zero-order valence-electron chi connectivity index (χ0n) is 5.81. The van der Waals surface area contributed by atoms with Gasteiger partial charge in [0.25, 0.3) is 0 Å². The van der Waals surface area contributed by atoms with Gasteiger partial charge in [-0.1, -0.05) is 17.9 Å². The van der Waals surface area contributed by atoms with Crippen LogP contribution in [-0.2, 0) is 15.1 Å². The molecular weight excluding hydrogens is 448 g/mol. The number of nitrogens with zero attached hydrogens (tertiary/aromatic N) is 2. The summed E-state index contributed by atoms with van der Waals surface area (Å²) in [4.78, 5) is 7.64. The zero-order chi connectivity index (χ0) is 8.97. The molecule has 0 unspecified atom stereocenters. The second-order valence-corrected chi connectivity index (χ2v) is 2.01. The van der Waals surface area contributed by atoms with Gasteiger partial charge in [-0.2, -0.15) is 0 Å². The van der Waals surface area contributed by atoms with Crippen LogP contribution in [-0.4, -0.2) is 4.98 Å². The predicted molar refractivity (Wildman–Crippen MR) is 49.0 cm³/mol. The van der Waals surface area contributed by atoms with Crippen molar-refractivity contribution in [1.29, 1.82) is 0 Å². The number of aromatic nitrogens is 2. The van der Waals surface area contributed by atoms with Gasteiger partial charge in [-0.3, -0.25) is 0 Å². The summed E-state index contributed by atoms with van der Waals surface area (Å²) in [5.41, 5.74) is 0.599. The van der Waals surface area contributed by atoms with Gasteiger partial charge < -0.3 is 9.97 Å². The first-order valence-electron chi connectivity index (χ1n) is 3.02. The van der Waals surface area contributed by atoms with Crippen molar-refractivity contribution in [2.45, 2.75) is 0 Å². The molecule has 0 atom stereocenters. The van der Waals surface area contributed by atoms with E-state index in [9.17, 15) is 4.39 Å². The van der Waals surface area contributed by atoms with Gasteiger partial charge in [-0.05, 0) is 17.6 Å². The second-order valence-electron chi connectivity index (χ2n) is 2.01. The van der Waals surface area contributed by atoms with Crippen LogP contribution in [0.25, 0.3) is 11.0 Å². The van der Waals surface area contributed by atoms with E-state index < -0.39 is 0 Å². The third-order valence-electron chi connectivity index (χ3n) is 1.31. The number of fused-ring (bicyclic) bond motifs is 1. The molecule has 0 fully saturated rings.